The zero-order valence-electron chi connectivity index (χ0n) is 9.10. The zero-order chi connectivity index (χ0) is 12.2. The standard InChI is InChI=1S/C11H14N2O3/c1-2-3-4-6-11(15)16-9-10(14)13-8-5-7-12/h2-4,6H,5,8-9H2,1H3,(H,13,14)/b3-2+,6-4+. The van der Waals surface area contributed by atoms with Gasteiger partial charge in [0.1, 0.15) is 0 Å². The van der Waals surface area contributed by atoms with Gasteiger partial charge in [0, 0.05) is 12.6 Å². The molecule has 0 fully saturated rings. The average Bonchev–Trinajstić information content (AvgIpc) is 2.27. The highest BCUT2D eigenvalue weighted by molar-refractivity contribution is 5.85. The largest absolute Gasteiger partial charge is 0.452 e. The van der Waals surface area contributed by atoms with Gasteiger partial charge in [0.15, 0.2) is 6.61 Å². The van der Waals surface area contributed by atoms with Gasteiger partial charge in [-0.1, -0.05) is 18.2 Å². The Kier molecular flexibility index (Phi) is 8.23. The van der Waals surface area contributed by atoms with Crippen LogP contribution in [0.1, 0.15) is 13.3 Å². The van der Waals surface area contributed by atoms with Crippen LogP contribution in [-0.4, -0.2) is 25.0 Å². The van der Waals surface area contributed by atoms with Gasteiger partial charge in [0.25, 0.3) is 5.91 Å². The van der Waals surface area contributed by atoms with Crippen molar-refractivity contribution in [3.05, 3.63) is 24.3 Å². The van der Waals surface area contributed by atoms with Crippen molar-refractivity contribution in [2.45, 2.75) is 13.3 Å². The third kappa shape index (κ3) is 8.51. The number of rotatable bonds is 6. The number of ether oxygens (including phenoxy) is 1. The maximum atomic E-state index is 11.0. The van der Waals surface area contributed by atoms with Gasteiger partial charge in [-0.3, -0.25) is 4.79 Å². The number of carbonyl (C=O) groups excluding carboxylic acids is 2. The first-order valence-electron chi connectivity index (χ1n) is 4.80. The second-order valence-electron chi connectivity index (χ2n) is 2.75. The molecule has 5 nitrogen and oxygen atoms in total. The summed E-state index contributed by atoms with van der Waals surface area (Å²) in [5.74, 6) is -0.989. The Bertz CT molecular complexity index is 327. The predicted molar refractivity (Wildman–Crippen MR) is 58.2 cm³/mol. The predicted octanol–water partition coefficient (Wildman–Crippen LogP) is 0.692. The lowest BCUT2D eigenvalue weighted by Gasteiger charge is -2.02. The molecule has 5 heteroatoms. The van der Waals surface area contributed by atoms with Crippen molar-refractivity contribution >= 4 is 11.9 Å². The van der Waals surface area contributed by atoms with E-state index in [1.54, 1.807) is 12.2 Å². The molecule has 1 amide bonds. The summed E-state index contributed by atoms with van der Waals surface area (Å²) in [6, 6.07) is 1.88. The molecular formula is C11H14N2O3. The van der Waals surface area contributed by atoms with E-state index in [2.05, 4.69) is 10.1 Å². The first-order chi connectivity index (χ1) is 7.70. The summed E-state index contributed by atoms with van der Waals surface area (Å²) < 4.78 is 4.63. The van der Waals surface area contributed by atoms with E-state index in [9.17, 15) is 9.59 Å². The van der Waals surface area contributed by atoms with Crippen LogP contribution in [0.5, 0.6) is 0 Å². The molecule has 0 aliphatic carbocycles. The first-order valence-corrected chi connectivity index (χ1v) is 4.80. The van der Waals surface area contributed by atoms with E-state index in [0.29, 0.717) is 0 Å². The number of allylic oxidation sites excluding steroid dienone is 3. The van der Waals surface area contributed by atoms with Crippen molar-refractivity contribution < 1.29 is 14.3 Å². The summed E-state index contributed by atoms with van der Waals surface area (Å²) in [5, 5.41) is 10.6. The maximum Gasteiger partial charge on any atom is 0.331 e. The van der Waals surface area contributed by atoms with Crippen LogP contribution in [0.3, 0.4) is 0 Å². The minimum absolute atomic E-state index is 0.237. The monoisotopic (exact) mass is 222 g/mol. The lowest BCUT2D eigenvalue weighted by atomic mass is 10.4. The van der Waals surface area contributed by atoms with E-state index in [1.807, 2.05) is 13.0 Å². The molecule has 0 atom stereocenters. The van der Waals surface area contributed by atoms with Crippen LogP contribution in [0.4, 0.5) is 0 Å². The van der Waals surface area contributed by atoms with Gasteiger partial charge < -0.3 is 10.1 Å². The minimum Gasteiger partial charge on any atom is -0.452 e. The van der Waals surface area contributed by atoms with Crippen LogP contribution in [0, 0.1) is 11.3 Å². The molecule has 86 valence electrons. The van der Waals surface area contributed by atoms with E-state index in [4.69, 9.17) is 5.26 Å². The minimum atomic E-state index is -0.575. The summed E-state index contributed by atoms with van der Waals surface area (Å²) in [4.78, 5) is 22.0. The van der Waals surface area contributed by atoms with Crippen LogP contribution in [-0.2, 0) is 14.3 Å². The zero-order valence-corrected chi connectivity index (χ0v) is 9.10. The van der Waals surface area contributed by atoms with Crippen LogP contribution >= 0.6 is 0 Å². The van der Waals surface area contributed by atoms with Gasteiger partial charge in [0.05, 0.1) is 12.5 Å². The molecule has 0 saturated carbocycles. The summed E-state index contributed by atoms with van der Waals surface area (Å²) in [6.45, 7) is 1.75. The normalized spacial score (nSPS) is 10.2. The number of esters is 1. The summed E-state index contributed by atoms with van der Waals surface area (Å²) in [5.41, 5.74) is 0. The van der Waals surface area contributed by atoms with Crippen molar-refractivity contribution in [3.63, 3.8) is 0 Å². The van der Waals surface area contributed by atoms with Crippen LogP contribution in [0.25, 0.3) is 0 Å². The third-order valence-corrected chi connectivity index (χ3v) is 1.44. The fourth-order valence-corrected chi connectivity index (χ4v) is 0.739. The maximum absolute atomic E-state index is 11.0. The Morgan fingerprint density at radius 2 is 2.19 bits per heavy atom. The molecule has 0 aromatic rings. The molecule has 0 rings (SSSR count). The van der Waals surface area contributed by atoms with Gasteiger partial charge in [-0.15, -0.1) is 0 Å². The fraction of sp³-hybridized carbons (Fsp3) is 0.364. The molecule has 0 radical (unpaired) electrons. The Balaban J connectivity index is 3.67. The molecule has 0 aliphatic rings. The van der Waals surface area contributed by atoms with Crippen LogP contribution in [0.2, 0.25) is 0 Å². The second kappa shape index (κ2) is 9.46. The smallest absolute Gasteiger partial charge is 0.331 e. The fourth-order valence-electron chi connectivity index (χ4n) is 0.739. The molecule has 0 aliphatic heterocycles. The van der Waals surface area contributed by atoms with Crippen molar-refractivity contribution in [1.29, 1.82) is 5.26 Å². The Morgan fingerprint density at radius 1 is 1.44 bits per heavy atom. The van der Waals surface area contributed by atoms with E-state index in [-0.39, 0.29) is 19.6 Å². The molecule has 0 aromatic carbocycles. The molecule has 1 N–H and O–H groups in total. The highest BCUT2D eigenvalue weighted by atomic mass is 16.5. The Morgan fingerprint density at radius 3 is 2.81 bits per heavy atom. The highest BCUT2D eigenvalue weighted by Gasteiger charge is 2.03. The van der Waals surface area contributed by atoms with E-state index < -0.39 is 11.9 Å². The van der Waals surface area contributed by atoms with Crippen molar-refractivity contribution in [3.8, 4) is 6.07 Å². The average molecular weight is 222 g/mol. The van der Waals surface area contributed by atoms with Gasteiger partial charge in [-0.25, -0.2) is 4.79 Å². The topological polar surface area (TPSA) is 79.2 Å². The Hall–Kier alpha value is -2.09. The lowest BCUT2D eigenvalue weighted by Crippen LogP contribution is -2.29. The number of amides is 1. The molecule has 0 saturated heterocycles. The molecular weight excluding hydrogens is 208 g/mol. The lowest BCUT2D eigenvalue weighted by molar-refractivity contribution is -0.143. The Labute approximate surface area is 94.4 Å². The van der Waals surface area contributed by atoms with Gasteiger partial charge in [-0.05, 0) is 6.92 Å². The quantitative estimate of drug-likeness (QED) is 0.310. The van der Waals surface area contributed by atoms with Crippen LogP contribution in [0.15, 0.2) is 24.3 Å². The van der Waals surface area contributed by atoms with Crippen molar-refractivity contribution in [2.24, 2.45) is 0 Å². The summed E-state index contributed by atoms with van der Waals surface area (Å²) in [7, 11) is 0. The third-order valence-electron chi connectivity index (χ3n) is 1.44. The summed E-state index contributed by atoms with van der Waals surface area (Å²) >= 11 is 0. The number of hydrogen-bond donors (Lipinski definition) is 1. The number of hydrogen-bond acceptors (Lipinski definition) is 4. The van der Waals surface area contributed by atoms with Crippen LogP contribution < -0.4 is 5.32 Å². The van der Waals surface area contributed by atoms with Crippen molar-refractivity contribution in [1.82, 2.24) is 5.32 Å². The SMILES string of the molecule is C/C=C/C=C/C(=O)OCC(=O)NCCC#N. The number of nitrogens with one attached hydrogen (secondary N) is 1. The molecule has 16 heavy (non-hydrogen) atoms. The van der Waals surface area contributed by atoms with E-state index >= 15 is 0 Å². The number of nitrogens with zero attached hydrogens (tertiary/aromatic N) is 1. The van der Waals surface area contributed by atoms with E-state index in [1.165, 1.54) is 12.2 Å². The summed E-state index contributed by atoms with van der Waals surface area (Å²) in [6.07, 6.45) is 6.42. The number of carbonyl (C=O) groups is 2. The number of nitriles is 1. The highest BCUT2D eigenvalue weighted by Crippen LogP contribution is 1.84. The van der Waals surface area contributed by atoms with Gasteiger partial charge in [-0.2, -0.15) is 5.26 Å². The molecule has 0 aromatic heterocycles. The van der Waals surface area contributed by atoms with Gasteiger partial charge >= 0.3 is 5.97 Å². The van der Waals surface area contributed by atoms with E-state index in [0.717, 1.165) is 0 Å². The molecule has 0 spiro atoms. The van der Waals surface area contributed by atoms with Gasteiger partial charge in [0.2, 0.25) is 0 Å². The first kappa shape index (κ1) is 13.9. The molecule has 0 bridgehead atoms. The molecule has 0 unspecified atom stereocenters. The second-order valence-corrected chi connectivity index (χ2v) is 2.75. The molecule has 0 heterocycles. The van der Waals surface area contributed by atoms with Crippen molar-refractivity contribution in [2.75, 3.05) is 13.2 Å².